The Kier molecular flexibility index (Phi) is 4.55. The molecule has 0 atom stereocenters. The summed E-state index contributed by atoms with van der Waals surface area (Å²) >= 11 is 0. The fraction of sp³-hybridized carbons (Fsp3) is 0.800. The molecule has 0 aromatic heterocycles. The normalized spacial score (nSPS) is 15.0. The average Bonchev–Trinajstić information content (AvgIpc) is 2.95. The Morgan fingerprint density at radius 1 is 1.47 bits per heavy atom. The van der Waals surface area contributed by atoms with E-state index < -0.39 is 5.97 Å². The van der Waals surface area contributed by atoms with Crippen molar-refractivity contribution < 1.29 is 19.4 Å². The average molecular weight is 215 g/mol. The van der Waals surface area contributed by atoms with E-state index in [2.05, 4.69) is 0 Å². The molecular formula is C10H17NO4. The highest BCUT2D eigenvalue weighted by molar-refractivity contribution is 5.81. The van der Waals surface area contributed by atoms with Crippen molar-refractivity contribution >= 4 is 11.9 Å². The maximum absolute atomic E-state index is 11.6. The topological polar surface area (TPSA) is 66.8 Å². The first-order chi connectivity index (χ1) is 7.13. The zero-order chi connectivity index (χ0) is 11.3. The molecule has 0 saturated heterocycles. The molecule has 0 aliphatic heterocycles. The molecule has 0 bridgehead atoms. The summed E-state index contributed by atoms with van der Waals surface area (Å²) in [6.07, 6.45) is 2.67. The van der Waals surface area contributed by atoms with Crippen molar-refractivity contribution in [2.75, 3.05) is 26.8 Å². The summed E-state index contributed by atoms with van der Waals surface area (Å²) in [4.78, 5) is 23.5. The summed E-state index contributed by atoms with van der Waals surface area (Å²) < 4.78 is 4.84. The van der Waals surface area contributed by atoms with Crippen LogP contribution < -0.4 is 0 Å². The third kappa shape index (κ3) is 4.78. The first-order valence-electron chi connectivity index (χ1n) is 5.12. The highest BCUT2D eigenvalue weighted by Gasteiger charge is 2.27. The maximum Gasteiger partial charge on any atom is 0.323 e. The van der Waals surface area contributed by atoms with E-state index in [1.54, 1.807) is 0 Å². The summed E-state index contributed by atoms with van der Waals surface area (Å²) in [5.74, 6) is -0.566. The van der Waals surface area contributed by atoms with Gasteiger partial charge in [-0.25, -0.2) is 0 Å². The number of hydrogen-bond donors (Lipinski definition) is 1. The van der Waals surface area contributed by atoms with Gasteiger partial charge in [0.2, 0.25) is 5.91 Å². The van der Waals surface area contributed by atoms with Gasteiger partial charge in [-0.1, -0.05) is 0 Å². The summed E-state index contributed by atoms with van der Waals surface area (Å²) in [6.45, 7) is 0.507. The number of rotatable bonds is 7. The first kappa shape index (κ1) is 12.0. The molecule has 1 fully saturated rings. The molecule has 0 unspecified atom stereocenters. The van der Waals surface area contributed by atoms with Gasteiger partial charge in [0.1, 0.15) is 6.54 Å². The Labute approximate surface area is 89.0 Å². The third-order valence-corrected chi connectivity index (χ3v) is 2.40. The fourth-order valence-corrected chi connectivity index (χ4v) is 1.35. The molecule has 0 heterocycles. The predicted octanol–water partition coefficient (Wildman–Crippen LogP) is 0.346. The number of nitrogens with zero attached hydrogens (tertiary/aromatic N) is 1. The van der Waals surface area contributed by atoms with Crippen molar-refractivity contribution in [1.29, 1.82) is 0 Å². The van der Waals surface area contributed by atoms with Crippen molar-refractivity contribution in [3.63, 3.8) is 0 Å². The number of carbonyl (C=O) groups is 2. The van der Waals surface area contributed by atoms with Gasteiger partial charge in [0.05, 0.1) is 6.61 Å². The van der Waals surface area contributed by atoms with E-state index in [9.17, 15) is 9.59 Å². The number of hydrogen-bond acceptors (Lipinski definition) is 3. The number of carboxylic acid groups (broad SMARTS) is 1. The molecule has 1 saturated carbocycles. The quantitative estimate of drug-likeness (QED) is 0.665. The van der Waals surface area contributed by atoms with E-state index in [4.69, 9.17) is 9.84 Å². The van der Waals surface area contributed by atoms with Crippen LogP contribution in [0.5, 0.6) is 0 Å². The van der Waals surface area contributed by atoms with Gasteiger partial charge in [-0.15, -0.1) is 0 Å². The lowest BCUT2D eigenvalue weighted by molar-refractivity contribution is -0.145. The van der Waals surface area contributed by atoms with E-state index in [1.807, 2.05) is 0 Å². The van der Waals surface area contributed by atoms with Crippen LogP contribution in [0.3, 0.4) is 0 Å². The van der Waals surface area contributed by atoms with Crippen molar-refractivity contribution in [2.24, 2.45) is 5.92 Å². The smallest absolute Gasteiger partial charge is 0.323 e. The van der Waals surface area contributed by atoms with E-state index in [1.165, 1.54) is 12.0 Å². The standard InChI is InChI=1S/C10H17NO4/c1-15-5-4-11(7-10(13)14)9(12)6-8-2-3-8/h8H,2-7H2,1H3,(H,13,14). The Morgan fingerprint density at radius 2 is 2.13 bits per heavy atom. The van der Waals surface area contributed by atoms with Crippen LogP contribution in [0.4, 0.5) is 0 Å². The van der Waals surface area contributed by atoms with Gasteiger partial charge in [-0.2, -0.15) is 0 Å². The second-order valence-electron chi connectivity index (χ2n) is 3.85. The zero-order valence-electron chi connectivity index (χ0n) is 8.94. The predicted molar refractivity (Wildman–Crippen MR) is 53.4 cm³/mol. The largest absolute Gasteiger partial charge is 0.480 e. The van der Waals surface area contributed by atoms with E-state index in [-0.39, 0.29) is 12.5 Å². The van der Waals surface area contributed by atoms with Gasteiger partial charge in [0.25, 0.3) is 0 Å². The third-order valence-electron chi connectivity index (χ3n) is 2.40. The van der Waals surface area contributed by atoms with Crippen LogP contribution in [0.25, 0.3) is 0 Å². The summed E-state index contributed by atoms with van der Waals surface area (Å²) in [6, 6.07) is 0. The van der Waals surface area contributed by atoms with Gasteiger partial charge < -0.3 is 14.7 Å². The van der Waals surface area contributed by atoms with Crippen LogP contribution in [-0.4, -0.2) is 48.7 Å². The lowest BCUT2D eigenvalue weighted by Gasteiger charge is -2.20. The van der Waals surface area contributed by atoms with E-state index in [0.717, 1.165) is 12.8 Å². The number of amides is 1. The first-order valence-corrected chi connectivity index (χ1v) is 5.12. The van der Waals surface area contributed by atoms with E-state index >= 15 is 0 Å². The molecule has 5 heteroatoms. The summed E-state index contributed by atoms with van der Waals surface area (Å²) in [7, 11) is 1.53. The van der Waals surface area contributed by atoms with Gasteiger partial charge in [0, 0.05) is 20.1 Å². The number of methoxy groups -OCH3 is 1. The van der Waals surface area contributed by atoms with Crippen LogP contribution in [0.15, 0.2) is 0 Å². The number of carbonyl (C=O) groups excluding carboxylic acids is 1. The summed E-state index contributed by atoms with van der Waals surface area (Å²) in [5, 5.41) is 8.65. The molecule has 0 spiro atoms. The Bertz CT molecular complexity index is 238. The maximum atomic E-state index is 11.6. The summed E-state index contributed by atoms with van der Waals surface area (Å²) in [5.41, 5.74) is 0. The zero-order valence-corrected chi connectivity index (χ0v) is 8.94. The number of carboxylic acids is 1. The fourth-order valence-electron chi connectivity index (χ4n) is 1.35. The Morgan fingerprint density at radius 3 is 2.60 bits per heavy atom. The highest BCUT2D eigenvalue weighted by atomic mass is 16.5. The van der Waals surface area contributed by atoms with Crippen molar-refractivity contribution in [3.8, 4) is 0 Å². The molecule has 86 valence electrons. The Hall–Kier alpha value is -1.10. The van der Waals surface area contributed by atoms with Gasteiger partial charge in [0.15, 0.2) is 0 Å². The van der Waals surface area contributed by atoms with Crippen LogP contribution in [-0.2, 0) is 14.3 Å². The highest BCUT2D eigenvalue weighted by Crippen LogP contribution is 2.32. The van der Waals surface area contributed by atoms with Crippen LogP contribution in [0.2, 0.25) is 0 Å². The van der Waals surface area contributed by atoms with Crippen molar-refractivity contribution in [3.05, 3.63) is 0 Å². The molecule has 1 amide bonds. The monoisotopic (exact) mass is 215 g/mol. The molecule has 5 nitrogen and oxygen atoms in total. The van der Waals surface area contributed by atoms with Gasteiger partial charge in [-0.3, -0.25) is 9.59 Å². The molecule has 1 aliphatic rings. The minimum absolute atomic E-state index is 0.0723. The van der Waals surface area contributed by atoms with Gasteiger partial charge >= 0.3 is 5.97 Å². The minimum atomic E-state index is -0.977. The second kappa shape index (κ2) is 5.70. The molecule has 0 aromatic rings. The van der Waals surface area contributed by atoms with Crippen LogP contribution in [0, 0.1) is 5.92 Å². The molecule has 1 rings (SSSR count). The van der Waals surface area contributed by atoms with E-state index in [0.29, 0.717) is 25.5 Å². The lowest BCUT2D eigenvalue weighted by Crippen LogP contribution is -2.38. The lowest BCUT2D eigenvalue weighted by atomic mass is 10.2. The Balaban J connectivity index is 2.37. The number of ether oxygens (including phenoxy) is 1. The van der Waals surface area contributed by atoms with Crippen molar-refractivity contribution in [2.45, 2.75) is 19.3 Å². The van der Waals surface area contributed by atoms with Crippen molar-refractivity contribution in [1.82, 2.24) is 4.90 Å². The minimum Gasteiger partial charge on any atom is -0.480 e. The number of aliphatic carboxylic acids is 1. The van der Waals surface area contributed by atoms with Gasteiger partial charge in [-0.05, 0) is 18.8 Å². The molecule has 1 N–H and O–H groups in total. The molecule has 0 radical (unpaired) electrons. The molecule has 1 aliphatic carbocycles. The second-order valence-corrected chi connectivity index (χ2v) is 3.85. The van der Waals surface area contributed by atoms with Crippen LogP contribution >= 0.6 is 0 Å². The molecule has 0 aromatic carbocycles. The SMILES string of the molecule is COCCN(CC(=O)O)C(=O)CC1CC1. The molecule has 15 heavy (non-hydrogen) atoms. The molecular weight excluding hydrogens is 198 g/mol. The van der Waals surface area contributed by atoms with Crippen LogP contribution in [0.1, 0.15) is 19.3 Å².